The molecule has 1 aromatic carbocycles. The van der Waals surface area contributed by atoms with Crippen LogP contribution in [0.5, 0.6) is 5.75 Å². The lowest BCUT2D eigenvalue weighted by molar-refractivity contribution is 0.300. The summed E-state index contributed by atoms with van der Waals surface area (Å²) in [5.41, 5.74) is 5.76. The van der Waals surface area contributed by atoms with Crippen molar-refractivity contribution in [1.29, 1.82) is 0 Å². The molecule has 0 aliphatic heterocycles. The Morgan fingerprint density at radius 3 is 2.67 bits per heavy atom. The second-order valence-corrected chi connectivity index (χ2v) is 5.69. The SMILES string of the molecule is Cc1cnc(C)c(-c2ccc(O)c(CNCc3nonc3C)c2)n1. The van der Waals surface area contributed by atoms with Crippen LogP contribution in [-0.4, -0.2) is 25.4 Å². The van der Waals surface area contributed by atoms with Crippen molar-refractivity contribution in [3.8, 4) is 17.0 Å². The first-order chi connectivity index (χ1) is 11.5. The van der Waals surface area contributed by atoms with Crippen LogP contribution in [-0.2, 0) is 13.1 Å². The molecule has 24 heavy (non-hydrogen) atoms. The van der Waals surface area contributed by atoms with Crippen molar-refractivity contribution < 1.29 is 9.74 Å². The van der Waals surface area contributed by atoms with Crippen LogP contribution in [0, 0.1) is 20.8 Å². The Kier molecular flexibility index (Phi) is 4.52. The van der Waals surface area contributed by atoms with E-state index in [9.17, 15) is 5.11 Å². The molecule has 0 unspecified atom stereocenters. The van der Waals surface area contributed by atoms with Gasteiger partial charge >= 0.3 is 0 Å². The van der Waals surface area contributed by atoms with Crippen LogP contribution in [0.25, 0.3) is 11.3 Å². The lowest BCUT2D eigenvalue weighted by atomic mass is 10.1. The molecule has 0 fully saturated rings. The van der Waals surface area contributed by atoms with Crippen molar-refractivity contribution in [1.82, 2.24) is 25.6 Å². The van der Waals surface area contributed by atoms with Crippen LogP contribution < -0.4 is 5.32 Å². The van der Waals surface area contributed by atoms with Crippen LogP contribution in [0.15, 0.2) is 29.0 Å². The number of nitrogens with zero attached hydrogens (tertiary/aromatic N) is 4. The highest BCUT2D eigenvalue weighted by Crippen LogP contribution is 2.26. The van der Waals surface area contributed by atoms with E-state index in [1.807, 2.05) is 32.9 Å². The zero-order valence-electron chi connectivity index (χ0n) is 13.9. The standard InChI is InChI=1S/C17H19N5O2/c1-10-7-19-12(3)17(20-10)13-4-5-16(23)14(6-13)8-18-9-15-11(2)21-24-22-15/h4-7,18,23H,8-9H2,1-3H3. The maximum atomic E-state index is 10.1. The molecule has 0 atom stereocenters. The number of phenolic OH excluding ortho intramolecular Hbond substituents is 1. The van der Waals surface area contributed by atoms with Crippen LogP contribution in [0.3, 0.4) is 0 Å². The Bertz CT molecular complexity index is 860. The molecule has 0 bridgehead atoms. The third-order valence-electron chi connectivity index (χ3n) is 3.78. The molecule has 0 saturated carbocycles. The van der Waals surface area contributed by atoms with Crippen LogP contribution in [0.2, 0.25) is 0 Å². The van der Waals surface area contributed by atoms with E-state index in [4.69, 9.17) is 0 Å². The van der Waals surface area contributed by atoms with Gasteiger partial charge < -0.3 is 10.4 Å². The van der Waals surface area contributed by atoms with E-state index < -0.39 is 0 Å². The predicted molar refractivity (Wildman–Crippen MR) is 88.2 cm³/mol. The molecule has 0 aliphatic carbocycles. The normalized spacial score (nSPS) is 11.0. The quantitative estimate of drug-likeness (QED) is 0.743. The predicted octanol–water partition coefficient (Wildman–Crippen LogP) is 2.45. The van der Waals surface area contributed by atoms with Crippen molar-refractivity contribution in [3.05, 3.63) is 52.7 Å². The maximum absolute atomic E-state index is 10.1. The van der Waals surface area contributed by atoms with Gasteiger partial charge in [0.15, 0.2) is 0 Å². The van der Waals surface area contributed by atoms with Crippen molar-refractivity contribution >= 4 is 0 Å². The van der Waals surface area contributed by atoms with E-state index in [-0.39, 0.29) is 5.75 Å². The summed E-state index contributed by atoms with van der Waals surface area (Å²) in [6, 6.07) is 5.45. The highest BCUT2D eigenvalue weighted by molar-refractivity contribution is 5.64. The molecule has 0 saturated heterocycles. The fraction of sp³-hybridized carbons (Fsp3) is 0.294. The Balaban J connectivity index is 1.79. The minimum atomic E-state index is 0.236. The third kappa shape index (κ3) is 3.41. The third-order valence-corrected chi connectivity index (χ3v) is 3.78. The van der Waals surface area contributed by atoms with E-state index in [2.05, 4.69) is 30.2 Å². The Labute approximate surface area is 139 Å². The van der Waals surface area contributed by atoms with Crippen molar-refractivity contribution in [2.75, 3.05) is 0 Å². The molecule has 124 valence electrons. The zero-order valence-corrected chi connectivity index (χ0v) is 13.9. The van der Waals surface area contributed by atoms with Gasteiger partial charge in [-0.05, 0) is 39.0 Å². The average Bonchev–Trinajstić information content (AvgIpc) is 2.97. The van der Waals surface area contributed by atoms with Crippen molar-refractivity contribution in [2.45, 2.75) is 33.9 Å². The number of phenols is 1. The Hall–Kier alpha value is -2.80. The highest BCUT2D eigenvalue weighted by Gasteiger charge is 2.10. The summed E-state index contributed by atoms with van der Waals surface area (Å²) in [7, 11) is 0. The largest absolute Gasteiger partial charge is 0.508 e. The number of aryl methyl sites for hydroxylation is 3. The van der Waals surface area contributed by atoms with Gasteiger partial charge in [0.25, 0.3) is 0 Å². The number of rotatable bonds is 5. The highest BCUT2D eigenvalue weighted by atomic mass is 16.6. The van der Waals surface area contributed by atoms with E-state index in [0.29, 0.717) is 13.1 Å². The van der Waals surface area contributed by atoms with E-state index >= 15 is 0 Å². The lowest BCUT2D eigenvalue weighted by Gasteiger charge is -2.10. The molecule has 0 aliphatic rings. The first kappa shape index (κ1) is 16.1. The molecule has 2 N–H and O–H groups in total. The van der Waals surface area contributed by atoms with Crippen molar-refractivity contribution in [2.24, 2.45) is 0 Å². The molecule has 7 nitrogen and oxygen atoms in total. The molecule has 2 aromatic heterocycles. The number of benzene rings is 1. The maximum Gasteiger partial charge on any atom is 0.121 e. The summed E-state index contributed by atoms with van der Waals surface area (Å²) < 4.78 is 4.67. The molecule has 0 spiro atoms. The molecular formula is C17H19N5O2. The van der Waals surface area contributed by atoms with Gasteiger partial charge in [-0.1, -0.05) is 10.3 Å². The molecule has 0 amide bonds. The number of hydrogen-bond acceptors (Lipinski definition) is 7. The van der Waals surface area contributed by atoms with E-state index in [1.165, 1.54) is 0 Å². The average molecular weight is 325 g/mol. The topological polar surface area (TPSA) is 97.0 Å². The second kappa shape index (κ2) is 6.76. The smallest absolute Gasteiger partial charge is 0.121 e. The summed E-state index contributed by atoms with van der Waals surface area (Å²) >= 11 is 0. The Morgan fingerprint density at radius 2 is 1.92 bits per heavy atom. The minimum Gasteiger partial charge on any atom is -0.508 e. The van der Waals surface area contributed by atoms with Gasteiger partial charge in [-0.15, -0.1) is 0 Å². The van der Waals surface area contributed by atoms with E-state index in [0.717, 1.165) is 39.6 Å². The fourth-order valence-corrected chi connectivity index (χ4v) is 2.41. The molecule has 2 heterocycles. The van der Waals surface area contributed by atoms with E-state index in [1.54, 1.807) is 12.3 Å². The molecular weight excluding hydrogens is 306 g/mol. The van der Waals surface area contributed by atoms with Gasteiger partial charge in [0.05, 0.1) is 17.1 Å². The van der Waals surface area contributed by atoms with Crippen LogP contribution in [0.4, 0.5) is 0 Å². The second-order valence-electron chi connectivity index (χ2n) is 5.69. The van der Waals surface area contributed by atoms with Crippen LogP contribution in [0.1, 0.15) is 28.3 Å². The van der Waals surface area contributed by atoms with Gasteiger partial charge in [-0.3, -0.25) is 4.98 Å². The van der Waals surface area contributed by atoms with Crippen LogP contribution >= 0.6 is 0 Å². The van der Waals surface area contributed by atoms with Gasteiger partial charge in [-0.2, -0.15) is 0 Å². The first-order valence-electron chi connectivity index (χ1n) is 7.66. The van der Waals surface area contributed by atoms with Gasteiger partial charge in [0, 0.05) is 30.4 Å². The summed E-state index contributed by atoms with van der Waals surface area (Å²) in [5, 5.41) is 20.9. The zero-order chi connectivity index (χ0) is 17.1. The first-order valence-corrected chi connectivity index (χ1v) is 7.66. The Morgan fingerprint density at radius 1 is 1.08 bits per heavy atom. The number of hydrogen-bond donors (Lipinski definition) is 2. The van der Waals surface area contributed by atoms with Gasteiger partial charge in [-0.25, -0.2) is 9.61 Å². The number of aromatic nitrogens is 4. The summed E-state index contributed by atoms with van der Waals surface area (Å²) in [5.74, 6) is 0.236. The summed E-state index contributed by atoms with van der Waals surface area (Å²) in [4.78, 5) is 8.90. The fourth-order valence-electron chi connectivity index (χ4n) is 2.41. The molecule has 7 heteroatoms. The monoisotopic (exact) mass is 325 g/mol. The molecule has 0 radical (unpaired) electrons. The number of nitrogens with one attached hydrogen (secondary N) is 1. The number of aromatic hydroxyl groups is 1. The molecule has 3 rings (SSSR count). The lowest BCUT2D eigenvalue weighted by Crippen LogP contribution is -2.14. The minimum absolute atomic E-state index is 0.236. The van der Waals surface area contributed by atoms with Gasteiger partial charge in [0.1, 0.15) is 17.1 Å². The molecule has 3 aromatic rings. The summed E-state index contributed by atoms with van der Waals surface area (Å²) in [6.07, 6.45) is 1.75. The van der Waals surface area contributed by atoms with Gasteiger partial charge in [0.2, 0.25) is 0 Å². The summed E-state index contributed by atoms with van der Waals surface area (Å²) in [6.45, 7) is 6.68. The van der Waals surface area contributed by atoms with Crippen molar-refractivity contribution in [3.63, 3.8) is 0 Å².